The minimum absolute atomic E-state index is 0.0551. The van der Waals surface area contributed by atoms with Crippen LogP contribution < -0.4 is 4.90 Å². The minimum atomic E-state index is -0.367. The Hall–Kier alpha value is -2.17. The molecule has 2 aliphatic carbocycles. The lowest BCUT2D eigenvalue weighted by Crippen LogP contribution is -2.32. The molecule has 0 unspecified atom stereocenters. The van der Waals surface area contributed by atoms with Crippen LogP contribution >= 0.6 is 0 Å². The Bertz CT molecular complexity index is 683. The van der Waals surface area contributed by atoms with Gasteiger partial charge in [-0.3, -0.25) is 14.5 Å². The quantitative estimate of drug-likeness (QED) is 0.469. The van der Waals surface area contributed by atoms with Crippen LogP contribution in [0.3, 0.4) is 0 Å². The number of nitrogens with zero attached hydrogens (tertiary/aromatic N) is 1. The average molecular weight is 341 g/mol. The fourth-order valence-electron chi connectivity index (χ4n) is 4.80. The third-order valence-electron chi connectivity index (χ3n) is 6.02. The summed E-state index contributed by atoms with van der Waals surface area (Å²) in [7, 11) is 0. The van der Waals surface area contributed by atoms with Crippen molar-refractivity contribution in [1.82, 2.24) is 0 Å². The second kappa shape index (κ2) is 6.28. The lowest BCUT2D eigenvalue weighted by Gasteiger charge is -2.19. The van der Waals surface area contributed by atoms with E-state index < -0.39 is 0 Å². The maximum Gasteiger partial charge on any atom is 0.338 e. The van der Waals surface area contributed by atoms with Crippen LogP contribution in [0, 0.1) is 23.7 Å². The molecule has 5 nitrogen and oxygen atoms in total. The zero-order chi connectivity index (χ0) is 17.6. The van der Waals surface area contributed by atoms with Crippen molar-refractivity contribution in [3.63, 3.8) is 0 Å². The van der Waals surface area contributed by atoms with Gasteiger partial charge in [-0.2, -0.15) is 0 Å². The molecule has 1 aliphatic heterocycles. The number of carbonyl (C=O) groups excluding carboxylic acids is 3. The Balaban J connectivity index is 1.50. The van der Waals surface area contributed by atoms with E-state index in [2.05, 4.69) is 0 Å². The predicted octanol–water partition coefficient (Wildman–Crippen LogP) is 3.18. The van der Waals surface area contributed by atoms with Crippen LogP contribution in [-0.4, -0.2) is 24.4 Å². The summed E-state index contributed by atoms with van der Waals surface area (Å²) in [6, 6.07) is 6.62. The minimum Gasteiger partial charge on any atom is -0.462 e. The van der Waals surface area contributed by atoms with Crippen molar-refractivity contribution in [2.45, 2.75) is 39.0 Å². The van der Waals surface area contributed by atoms with Crippen LogP contribution in [-0.2, 0) is 14.3 Å². The molecule has 2 amide bonds. The lowest BCUT2D eigenvalue weighted by atomic mass is 9.81. The third kappa shape index (κ3) is 2.57. The van der Waals surface area contributed by atoms with Crippen LogP contribution in [0.2, 0.25) is 0 Å². The summed E-state index contributed by atoms with van der Waals surface area (Å²) in [4.78, 5) is 38.9. The first-order valence-electron chi connectivity index (χ1n) is 9.26. The average Bonchev–Trinajstić information content (AvgIpc) is 3.29. The zero-order valence-electron chi connectivity index (χ0n) is 14.4. The van der Waals surface area contributed by atoms with Crippen molar-refractivity contribution in [3.05, 3.63) is 29.8 Å². The van der Waals surface area contributed by atoms with Gasteiger partial charge in [0, 0.05) is 0 Å². The molecule has 2 saturated carbocycles. The summed E-state index contributed by atoms with van der Waals surface area (Å²) in [6.45, 7) is 2.45. The highest BCUT2D eigenvalue weighted by Crippen LogP contribution is 2.56. The van der Waals surface area contributed by atoms with Crippen molar-refractivity contribution >= 4 is 23.5 Å². The highest BCUT2D eigenvalue weighted by molar-refractivity contribution is 6.22. The molecule has 0 radical (unpaired) electrons. The van der Waals surface area contributed by atoms with Gasteiger partial charge in [0.25, 0.3) is 0 Å². The first-order valence-corrected chi connectivity index (χ1v) is 9.26. The largest absolute Gasteiger partial charge is 0.462 e. The van der Waals surface area contributed by atoms with E-state index in [1.165, 1.54) is 4.90 Å². The maximum atomic E-state index is 12.8. The number of hydrogen-bond acceptors (Lipinski definition) is 4. The summed E-state index contributed by atoms with van der Waals surface area (Å²) in [6.07, 6.45) is 4.98. The Morgan fingerprint density at radius 3 is 2.24 bits per heavy atom. The van der Waals surface area contributed by atoms with Gasteiger partial charge >= 0.3 is 5.97 Å². The molecule has 1 saturated heterocycles. The van der Waals surface area contributed by atoms with Crippen LogP contribution in [0.4, 0.5) is 5.69 Å². The van der Waals surface area contributed by atoms with E-state index in [9.17, 15) is 14.4 Å². The number of hydrogen-bond donors (Lipinski definition) is 0. The smallest absolute Gasteiger partial charge is 0.338 e. The standard InChI is InChI=1S/C20H23NO4/c1-2-3-10-25-20(24)12-6-8-15(9-7-12)21-18(22)16-13-4-5-14(11-13)17(16)19(21)23/h6-9,13-14,16-17H,2-5,10-11H2,1H3/t13-,14+,16-,17+. The third-order valence-corrected chi connectivity index (χ3v) is 6.02. The molecular formula is C20H23NO4. The van der Waals surface area contributed by atoms with Crippen LogP contribution in [0.15, 0.2) is 24.3 Å². The van der Waals surface area contributed by atoms with Gasteiger partial charge < -0.3 is 4.74 Å². The Kier molecular flexibility index (Phi) is 4.10. The summed E-state index contributed by atoms with van der Waals surface area (Å²) < 4.78 is 5.19. The Morgan fingerprint density at radius 2 is 1.68 bits per heavy atom. The fraction of sp³-hybridized carbons (Fsp3) is 0.550. The van der Waals surface area contributed by atoms with Gasteiger partial charge in [0.15, 0.2) is 0 Å². The van der Waals surface area contributed by atoms with Crippen molar-refractivity contribution in [2.24, 2.45) is 23.7 Å². The van der Waals surface area contributed by atoms with E-state index in [0.717, 1.165) is 32.1 Å². The number of ether oxygens (including phenoxy) is 1. The Labute approximate surface area is 147 Å². The van der Waals surface area contributed by atoms with Crippen LogP contribution in [0.5, 0.6) is 0 Å². The number of fused-ring (bicyclic) bond motifs is 5. The van der Waals surface area contributed by atoms with Crippen LogP contribution in [0.25, 0.3) is 0 Å². The summed E-state index contributed by atoms with van der Waals surface area (Å²) in [5, 5.41) is 0. The van der Waals surface area contributed by atoms with Gasteiger partial charge in [-0.1, -0.05) is 13.3 Å². The van der Waals surface area contributed by atoms with Crippen molar-refractivity contribution in [1.29, 1.82) is 0 Å². The van der Waals surface area contributed by atoms with Gasteiger partial charge in [0.2, 0.25) is 11.8 Å². The van der Waals surface area contributed by atoms with Gasteiger partial charge in [-0.15, -0.1) is 0 Å². The Morgan fingerprint density at radius 1 is 1.08 bits per heavy atom. The highest BCUT2D eigenvalue weighted by Gasteiger charge is 2.61. The number of amides is 2. The first-order chi connectivity index (χ1) is 12.1. The molecule has 5 heteroatoms. The summed E-state index contributed by atoms with van der Waals surface area (Å²) >= 11 is 0. The van der Waals surface area contributed by atoms with Crippen LogP contribution in [0.1, 0.15) is 49.4 Å². The van der Waals surface area contributed by atoms with E-state index in [0.29, 0.717) is 29.7 Å². The van der Waals surface area contributed by atoms with E-state index in [4.69, 9.17) is 4.74 Å². The van der Waals surface area contributed by atoms with Crippen molar-refractivity contribution in [2.75, 3.05) is 11.5 Å². The fourth-order valence-corrected chi connectivity index (χ4v) is 4.80. The molecule has 1 aromatic carbocycles. The van der Waals surface area contributed by atoms with Gasteiger partial charge in [-0.05, 0) is 61.8 Å². The number of carbonyl (C=O) groups is 3. The van der Waals surface area contributed by atoms with E-state index >= 15 is 0 Å². The van der Waals surface area contributed by atoms with Gasteiger partial charge in [-0.25, -0.2) is 4.79 Å². The van der Waals surface area contributed by atoms with Crippen molar-refractivity contribution in [3.8, 4) is 0 Å². The van der Waals surface area contributed by atoms with E-state index in [1.807, 2.05) is 6.92 Å². The molecule has 132 valence electrons. The van der Waals surface area contributed by atoms with E-state index in [-0.39, 0.29) is 29.6 Å². The maximum absolute atomic E-state index is 12.8. The molecule has 1 heterocycles. The number of esters is 1. The second-order valence-electron chi connectivity index (χ2n) is 7.43. The molecular weight excluding hydrogens is 318 g/mol. The normalized spacial score (nSPS) is 30.0. The number of benzene rings is 1. The number of imide groups is 1. The van der Waals surface area contributed by atoms with Gasteiger partial charge in [0.05, 0.1) is 29.7 Å². The molecule has 4 atom stereocenters. The molecule has 2 bridgehead atoms. The van der Waals surface area contributed by atoms with Gasteiger partial charge in [0.1, 0.15) is 0 Å². The molecule has 0 N–H and O–H groups in total. The number of unbranched alkanes of at least 4 members (excludes halogenated alkanes) is 1. The lowest BCUT2D eigenvalue weighted by molar-refractivity contribution is -0.123. The number of rotatable bonds is 5. The molecule has 4 rings (SSSR count). The molecule has 0 aromatic heterocycles. The van der Waals surface area contributed by atoms with E-state index in [1.54, 1.807) is 24.3 Å². The summed E-state index contributed by atoms with van der Waals surface area (Å²) in [5.41, 5.74) is 1.01. The monoisotopic (exact) mass is 341 g/mol. The summed E-state index contributed by atoms with van der Waals surface area (Å²) in [5.74, 6) is 0.0401. The molecule has 3 fully saturated rings. The molecule has 0 spiro atoms. The molecule has 1 aromatic rings. The highest BCUT2D eigenvalue weighted by atomic mass is 16.5. The topological polar surface area (TPSA) is 63.7 Å². The molecule has 3 aliphatic rings. The van der Waals surface area contributed by atoms with Crippen molar-refractivity contribution < 1.29 is 19.1 Å². The zero-order valence-corrected chi connectivity index (χ0v) is 14.4. The molecule has 25 heavy (non-hydrogen) atoms. The first kappa shape index (κ1) is 16.3. The second-order valence-corrected chi connectivity index (χ2v) is 7.43. The predicted molar refractivity (Wildman–Crippen MR) is 91.9 cm³/mol. The number of anilines is 1. The SMILES string of the molecule is CCCCOC(=O)c1ccc(N2C(=O)[C@@H]3[C@@H]4CC[C@@H](C4)[C@@H]3C2=O)cc1.